The number of benzene rings is 1. The molecular weight excluding hydrogens is 465 g/mol. The van der Waals surface area contributed by atoms with Crippen molar-refractivity contribution in [3.63, 3.8) is 0 Å². The van der Waals surface area contributed by atoms with E-state index in [1.807, 2.05) is 0 Å². The van der Waals surface area contributed by atoms with E-state index in [0.29, 0.717) is 25.1 Å². The van der Waals surface area contributed by atoms with Gasteiger partial charge in [-0.1, -0.05) is 0 Å². The Labute approximate surface area is 198 Å². The summed E-state index contributed by atoms with van der Waals surface area (Å²) in [5.41, 5.74) is -0.569. The Kier molecular flexibility index (Phi) is 6.79. The average molecular weight is 488 g/mol. The van der Waals surface area contributed by atoms with Gasteiger partial charge in [0.1, 0.15) is 22.8 Å². The van der Waals surface area contributed by atoms with Crippen LogP contribution in [0.4, 0.5) is 13.2 Å². The summed E-state index contributed by atoms with van der Waals surface area (Å²) in [5, 5.41) is 6.03. The molecule has 8 nitrogen and oxygen atoms in total. The molecule has 2 heterocycles. The average Bonchev–Trinajstić information content (AvgIpc) is 3.63. The normalized spacial score (nSPS) is 14.3. The van der Waals surface area contributed by atoms with Gasteiger partial charge in [-0.25, -0.2) is 0 Å². The summed E-state index contributed by atoms with van der Waals surface area (Å²) < 4.78 is 50.4. The third kappa shape index (κ3) is 5.99. The molecule has 1 aromatic carbocycles. The lowest BCUT2D eigenvalue weighted by Crippen LogP contribution is -2.46. The van der Waals surface area contributed by atoms with Crippen LogP contribution in [0, 0.1) is 0 Å². The van der Waals surface area contributed by atoms with Crippen LogP contribution in [0.5, 0.6) is 17.2 Å². The van der Waals surface area contributed by atoms with Gasteiger partial charge in [0, 0.05) is 18.8 Å². The molecule has 3 aromatic rings. The largest absolute Gasteiger partial charge is 0.497 e. The highest BCUT2D eigenvalue weighted by molar-refractivity contribution is 5.89. The molecule has 0 bridgehead atoms. The topological polar surface area (TPSA) is 105 Å². The van der Waals surface area contributed by atoms with Gasteiger partial charge in [-0.15, -0.1) is 0 Å². The van der Waals surface area contributed by atoms with Crippen molar-refractivity contribution in [2.75, 3.05) is 7.11 Å². The Morgan fingerprint density at radius 3 is 2.51 bits per heavy atom. The maximum atomic E-state index is 13.4. The summed E-state index contributed by atoms with van der Waals surface area (Å²) in [4.78, 5) is 30.8. The summed E-state index contributed by atoms with van der Waals surface area (Å²) in [6.07, 6.45) is -0.428. The molecule has 0 radical (unpaired) electrons. The summed E-state index contributed by atoms with van der Waals surface area (Å²) >= 11 is 0. The molecule has 0 unspecified atom stereocenters. The fourth-order valence-corrected chi connectivity index (χ4v) is 3.47. The molecule has 3 N–H and O–H groups in total. The van der Waals surface area contributed by atoms with Crippen molar-refractivity contribution in [2.24, 2.45) is 0 Å². The number of aromatic amines is 1. The van der Waals surface area contributed by atoms with Crippen LogP contribution in [-0.4, -0.2) is 28.5 Å². The lowest BCUT2D eigenvalue weighted by atomic mass is 10.2. The maximum absolute atomic E-state index is 13.4. The van der Waals surface area contributed by atoms with Gasteiger partial charge in [-0.05, 0) is 54.8 Å². The zero-order valence-corrected chi connectivity index (χ0v) is 18.7. The zero-order chi connectivity index (χ0) is 25.1. The number of rotatable bonds is 9. The highest BCUT2D eigenvalue weighted by Gasteiger charge is 2.49. The van der Waals surface area contributed by atoms with Crippen molar-refractivity contribution in [2.45, 2.75) is 37.6 Å². The van der Waals surface area contributed by atoms with Gasteiger partial charge >= 0.3 is 6.18 Å². The van der Waals surface area contributed by atoms with Crippen molar-refractivity contribution >= 4 is 5.91 Å². The number of methoxy groups -OCH3 is 1. The summed E-state index contributed by atoms with van der Waals surface area (Å²) in [6.45, 7) is 0.525. The van der Waals surface area contributed by atoms with Crippen molar-refractivity contribution in [1.29, 1.82) is 0 Å². The number of nitrogens with zero attached hydrogens (tertiary/aromatic N) is 1. The van der Waals surface area contributed by atoms with E-state index >= 15 is 0 Å². The van der Waals surface area contributed by atoms with Crippen LogP contribution in [0.2, 0.25) is 0 Å². The number of carbonyl (C=O) groups is 1. The number of hydrogen-bond acceptors (Lipinski definition) is 6. The van der Waals surface area contributed by atoms with E-state index in [-0.39, 0.29) is 35.3 Å². The summed E-state index contributed by atoms with van der Waals surface area (Å²) in [7, 11) is 1.28. The molecule has 1 amide bonds. The van der Waals surface area contributed by atoms with Gasteiger partial charge in [0.2, 0.25) is 11.5 Å². The lowest BCUT2D eigenvalue weighted by Gasteiger charge is -2.17. The Morgan fingerprint density at radius 2 is 1.89 bits per heavy atom. The fraction of sp³-hybridized carbons (Fsp3) is 0.292. The van der Waals surface area contributed by atoms with Crippen molar-refractivity contribution in [3.8, 4) is 17.2 Å². The van der Waals surface area contributed by atoms with Crippen LogP contribution < -0.4 is 25.7 Å². The van der Waals surface area contributed by atoms with Crippen molar-refractivity contribution < 1.29 is 27.4 Å². The van der Waals surface area contributed by atoms with Gasteiger partial charge in [0.25, 0.3) is 0 Å². The second kappa shape index (κ2) is 9.79. The number of aromatic nitrogens is 2. The molecule has 0 spiro atoms. The Bertz CT molecular complexity index is 1250. The van der Waals surface area contributed by atoms with Gasteiger partial charge in [0.05, 0.1) is 31.1 Å². The Hall–Kier alpha value is -3.86. The summed E-state index contributed by atoms with van der Waals surface area (Å²) in [5.74, 6) is -0.371. The second-order valence-corrected chi connectivity index (χ2v) is 8.13. The van der Waals surface area contributed by atoms with Gasteiger partial charge in [-0.3, -0.25) is 19.9 Å². The molecule has 11 heteroatoms. The first-order valence-electron chi connectivity index (χ1n) is 10.8. The molecule has 2 aromatic heterocycles. The maximum Gasteiger partial charge on any atom is 0.420 e. The van der Waals surface area contributed by atoms with Crippen LogP contribution >= 0.6 is 0 Å². The van der Waals surface area contributed by atoms with E-state index < -0.39 is 17.3 Å². The van der Waals surface area contributed by atoms with E-state index in [4.69, 9.17) is 9.47 Å². The van der Waals surface area contributed by atoms with E-state index in [2.05, 4.69) is 20.6 Å². The number of H-pyrrole nitrogens is 1. The van der Waals surface area contributed by atoms with Crippen molar-refractivity contribution in [3.05, 3.63) is 82.0 Å². The highest BCUT2D eigenvalue weighted by Crippen LogP contribution is 2.40. The van der Waals surface area contributed by atoms with Crippen LogP contribution in [0.1, 0.15) is 29.7 Å². The predicted octanol–water partition coefficient (Wildman–Crippen LogP) is 3.53. The molecule has 0 atom stereocenters. The first kappa shape index (κ1) is 24.3. The molecule has 0 aliphatic heterocycles. The quantitative estimate of drug-likeness (QED) is 0.426. The number of hydrogen-bond donors (Lipinski definition) is 3. The lowest BCUT2D eigenvalue weighted by molar-refractivity contribution is -0.138. The van der Waals surface area contributed by atoms with Crippen LogP contribution in [-0.2, 0) is 24.1 Å². The zero-order valence-electron chi connectivity index (χ0n) is 18.7. The minimum Gasteiger partial charge on any atom is -0.497 e. The summed E-state index contributed by atoms with van der Waals surface area (Å²) in [6, 6.07) is 9.71. The van der Waals surface area contributed by atoms with Crippen molar-refractivity contribution in [1.82, 2.24) is 20.6 Å². The molecule has 35 heavy (non-hydrogen) atoms. The minimum absolute atomic E-state index is 0.0641. The molecular formula is C24H23F3N4O4. The number of amides is 1. The highest BCUT2D eigenvalue weighted by atomic mass is 19.4. The van der Waals surface area contributed by atoms with E-state index in [1.165, 1.54) is 37.6 Å². The van der Waals surface area contributed by atoms with Crippen LogP contribution in [0.25, 0.3) is 0 Å². The minimum atomic E-state index is -4.62. The first-order valence-corrected chi connectivity index (χ1v) is 10.8. The molecule has 0 saturated heterocycles. The number of carbonyl (C=O) groups excluding carboxylic acids is 1. The molecule has 1 aliphatic carbocycles. The number of nitrogens with one attached hydrogen (secondary N) is 3. The molecule has 184 valence electrons. The van der Waals surface area contributed by atoms with E-state index in [0.717, 1.165) is 11.6 Å². The SMILES string of the molecule is COc1ccc(Oc2ccc(CNC(=O)C3(NCc4cc[nH]c(=O)c4)CC3)nc2)c(C(F)(F)F)c1. The fourth-order valence-electron chi connectivity index (χ4n) is 3.47. The van der Waals surface area contributed by atoms with E-state index in [9.17, 15) is 22.8 Å². The van der Waals surface area contributed by atoms with Gasteiger partial charge < -0.3 is 19.8 Å². The van der Waals surface area contributed by atoms with Crippen LogP contribution in [0.3, 0.4) is 0 Å². The number of alkyl halides is 3. The molecule has 1 aliphatic rings. The standard InChI is InChI=1S/C24H23F3N4O4/c1-34-17-4-5-20(19(11-17)24(25,26)27)35-18-3-2-16(29-14-18)13-30-22(33)23(7-8-23)31-12-15-6-9-28-21(32)10-15/h2-6,9-11,14,31H,7-8,12-13H2,1H3,(H,28,32)(H,30,33). The number of pyridine rings is 2. The molecule has 1 saturated carbocycles. The van der Waals surface area contributed by atoms with Crippen LogP contribution in [0.15, 0.2) is 59.7 Å². The molecule has 1 fully saturated rings. The van der Waals surface area contributed by atoms with E-state index in [1.54, 1.807) is 18.3 Å². The smallest absolute Gasteiger partial charge is 0.420 e. The third-order valence-electron chi connectivity index (χ3n) is 5.60. The predicted molar refractivity (Wildman–Crippen MR) is 120 cm³/mol. The third-order valence-corrected chi connectivity index (χ3v) is 5.60. The number of ether oxygens (including phenoxy) is 2. The molecule has 4 rings (SSSR count). The number of halogens is 3. The Balaban J connectivity index is 1.34. The van der Waals surface area contributed by atoms with Gasteiger partial charge in [-0.2, -0.15) is 13.2 Å². The first-order chi connectivity index (χ1) is 16.7. The Morgan fingerprint density at radius 1 is 1.11 bits per heavy atom. The van der Waals surface area contributed by atoms with Gasteiger partial charge in [0.15, 0.2) is 0 Å². The second-order valence-electron chi connectivity index (χ2n) is 8.13. The monoisotopic (exact) mass is 488 g/mol.